The molecule has 0 saturated carbocycles. The van der Waals surface area contributed by atoms with Gasteiger partial charge in [-0.1, -0.05) is 18.2 Å². The van der Waals surface area contributed by atoms with Crippen molar-refractivity contribution in [2.24, 2.45) is 0 Å². The van der Waals surface area contributed by atoms with Crippen molar-refractivity contribution in [3.63, 3.8) is 0 Å². The van der Waals surface area contributed by atoms with Crippen LogP contribution in [0, 0.1) is 11.6 Å². The van der Waals surface area contributed by atoms with Crippen LogP contribution < -0.4 is 5.32 Å². The van der Waals surface area contributed by atoms with Crippen LogP contribution in [-0.4, -0.2) is 29.3 Å². The van der Waals surface area contributed by atoms with E-state index in [-0.39, 0.29) is 25.3 Å². The molecule has 0 amide bonds. The van der Waals surface area contributed by atoms with Gasteiger partial charge in [-0.15, -0.1) is 0 Å². The fourth-order valence-corrected chi connectivity index (χ4v) is 3.95. The Kier molecular flexibility index (Phi) is 7.02. The van der Waals surface area contributed by atoms with Gasteiger partial charge >= 0.3 is 0 Å². The molecular weight excluding hydrogens is 444 g/mol. The van der Waals surface area contributed by atoms with Gasteiger partial charge in [0.05, 0.1) is 19.1 Å². The van der Waals surface area contributed by atoms with Crippen LogP contribution >= 0.6 is 0 Å². The summed E-state index contributed by atoms with van der Waals surface area (Å²) in [4.78, 5) is 12.2. The molecule has 0 aromatic heterocycles. The van der Waals surface area contributed by atoms with E-state index >= 15 is 0 Å². The summed E-state index contributed by atoms with van der Waals surface area (Å²) >= 11 is 0. The Hall–Kier alpha value is -3.59. The monoisotopic (exact) mass is 467 g/mol. The first-order chi connectivity index (χ1) is 16.4. The van der Waals surface area contributed by atoms with E-state index in [1.54, 1.807) is 30.4 Å². The predicted octanol–water partition coefficient (Wildman–Crippen LogP) is 3.87. The van der Waals surface area contributed by atoms with Crippen molar-refractivity contribution >= 4 is 6.29 Å². The lowest BCUT2D eigenvalue weighted by Gasteiger charge is -2.36. The predicted molar refractivity (Wildman–Crippen MR) is 120 cm³/mol. The lowest BCUT2D eigenvalue weighted by Crippen LogP contribution is -2.36. The van der Waals surface area contributed by atoms with Crippen LogP contribution in [-0.2, 0) is 26.4 Å². The molecule has 1 aliphatic heterocycles. The lowest BCUT2D eigenvalue weighted by molar-refractivity contribution is -0.107. The third-order valence-corrected chi connectivity index (χ3v) is 5.61. The number of phenolic OH excluding ortho intramolecular Hbond substituents is 1. The van der Waals surface area contributed by atoms with Crippen LogP contribution in [0.5, 0.6) is 5.75 Å². The highest BCUT2D eigenvalue weighted by molar-refractivity contribution is 5.84. The summed E-state index contributed by atoms with van der Waals surface area (Å²) in [6.45, 7) is 0.0994. The quantitative estimate of drug-likeness (QED) is 0.383. The third kappa shape index (κ3) is 4.99. The maximum absolute atomic E-state index is 13.4. The average molecular weight is 467 g/mol. The van der Waals surface area contributed by atoms with Crippen molar-refractivity contribution in [2.75, 3.05) is 6.61 Å². The third-order valence-electron chi connectivity index (χ3n) is 5.61. The number of carbonyl (C=O) groups excluding carboxylic acids is 1. The van der Waals surface area contributed by atoms with Crippen LogP contribution in [0.4, 0.5) is 8.78 Å². The number of hydrogen-bond donors (Lipinski definition) is 3. The molecular formula is C26H23F2NO5. The summed E-state index contributed by atoms with van der Waals surface area (Å²) in [5.41, 5.74) is 1.42. The van der Waals surface area contributed by atoms with Gasteiger partial charge in [0, 0.05) is 30.2 Å². The van der Waals surface area contributed by atoms with Gasteiger partial charge in [-0.2, -0.15) is 0 Å². The summed E-state index contributed by atoms with van der Waals surface area (Å²) in [6.07, 6.45) is 8.02. The minimum Gasteiger partial charge on any atom is -0.508 e. The van der Waals surface area contributed by atoms with E-state index < -0.39 is 23.5 Å². The van der Waals surface area contributed by atoms with E-state index in [4.69, 9.17) is 9.47 Å². The van der Waals surface area contributed by atoms with Crippen LogP contribution in [0.2, 0.25) is 0 Å². The normalized spacial score (nSPS) is 19.9. The maximum Gasteiger partial charge on any atom is 0.150 e. The number of benzene rings is 2. The van der Waals surface area contributed by atoms with Gasteiger partial charge in [0.15, 0.2) is 0 Å². The summed E-state index contributed by atoms with van der Waals surface area (Å²) in [5.74, 6) is -1.32. The fraction of sp³-hybridized carbons (Fsp3) is 0.192. The summed E-state index contributed by atoms with van der Waals surface area (Å²) in [7, 11) is 0. The second-order valence-corrected chi connectivity index (χ2v) is 7.88. The number of aliphatic hydroxyl groups is 1. The first-order valence-electron chi connectivity index (χ1n) is 10.6. The molecule has 1 heterocycles. The first-order valence-corrected chi connectivity index (χ1v) is 10.6. The number of nitrogens with one attached hydrogen (secondary N) is 1. The molecule has 2 aromatic rings. The second kappa shape index (κ2) is 10.1. The van der Waals surface area contributed by atoms with Crippen molar-refractivity contribution in [3.05, 3.63) is 113 Å². The Labute approximate surface area is 195 Å². The number of hydrogen-bond acceptors (Lipinski definition) is 6. The molecule has 8 heteroatoms. The van der Waals surface area contributed by atoms with E-state index in [9.17, 15) is 23.8 Å². The van der Waals surface area contributed by atoms with Crippen molar-refractivity contribution in [3.8, 4) is 5.75 Å². The molecule has 2 atom stereocenters. The molecule has 0 bridgehead atoms. The summed E-state index contributed by atoms with van der Waals surface area (Å²) < 4.78 is 38.1. The Morgan fingerprint density at radius 1 is 1.12 bits per heavy atom. The van der Waals surface area contributed by atoms with Crippen molar-refractivity contribution in [1.29, 1.82) is 0 Å². The number of carbonyl (C=O) groups is 1. The molecule has 0 saturated heterocycles. The molecule has 2 aromatic carbocycles. The zero-order valence-corrected chi connectivity index (χ0v) is 18.1. The maximum atomic E-state index is 13.4. The van der Waals surface area contributed by atoms with Crippen molar-refractivity contribution in [1.82, 2.24) is 5.32 Å². The zero-order chi connectivity index (χ0) is 24.1. The molecule has 2 aliphatic rings. The highest BCUT2D eigenvalue weighted by atomic mass is 19.1. The van der Waals surface area contributed by atoms with E-state index in [1.165, 1.54) is 36.8 Å². The van der Waals surface area contributed by atoms with Gasteiger partial charge in [-0.25, -0.2) is 8.78 Å². The summed E-state index contributed by atoms with van der Waals surface area (Å²) in [6, 6.07) is 9.47. The fourth-order valence-electron chi connectivity index (χ4n) is 3.95. The minimum atomic E-state index is -1.25. The van der Waals surface area contributed by atoms with E-state index in [2.05, 4.69) is 5.32 Å². The van der Waals surface area contributed by atoms with E-state index in [1.807, 2.05) is 0 Å². The van der Waals surface area contributed by atoms with Crippen molar-refractivity contribution in [2.45, 2.75) is 24.8 Å². The zero-order valence-electron chi connectivity index (χ0n) is 18.1. The standard InChI is InChI=1S/C26H23F2NO5/c27-20-11-17(12-21(28)13-20)14-29-25(32)7-10-34-26(19-1-3-22(31)4-2-19)8-5-18-16-33-9-6-23(18)24(26)15-30/h1-6,8-9,11-13,15-16,25,29,31-32H,7,10,14H2/t25-,26-/m0/s1. The summed E-state index contributed by atoms with van der Waals surface area (Å²) in [5, 5.41) is 22.8. The van der Waals surface area contributed by atoms with Gasteiger partial charge in [-0.05, 0) is 53.1 Å². The Morgan fingerprint density at radius 3 is 2.56 bits per heavy atom. The molecule has 1 aliphatic carbocycles. The number of phenols is 1. The molecule has 176 valence electrons. The first kappa shape index (κ1) is 23.6. The van der Waals surface area contributed by atoms with Gasteiger partial charge < -0.3 is 19.7 Å². The molecule has 0 spiro atoms. The number of ether oxygens (including phenoxy) is 2. The number of aldehydes is 1. The Bertz CT molecular complexity index is 1170. The van der Waals surface area contributed by atoms with Crippen LogP contribution in [0.25, 0.3) is 0 Å². The Morgan fingerprint density at radius 2 is 1.85 bits per heavy atom. The van der Waals surface area contributed by atoms with Gasteiger partial charge in [0.1, 0.15) is 35.5 Å². The van der Waals surface area contributed by atoms with E-state index in [0.717, 1.165) is 12.4 Å². The topological polar surface area (TPSA) is 88.0 Å². The smallest absolute Gasteiger partial charge is 0.150 e. The van der Waals surface area contributed by atoms with Gasteiger partial charge in [0.2, 0.25) is 0 Å². The molecule has 0 unspecified atom stereocenters. The molecule has 6 nitrogen and oxygen atoms in total. The molecule has 0 fully saturated rings. The van der Waals surface area contributed by atoms with Crippen LogP contribution in [0.15, 0.2) is 89.9 Å². The minimum absolute atomic E-state index is 0.0424. The van der Waals surface area contributed by atoms with Gasteiger partial charge in [0.25, 0.3) is 0 Å². The number of fused-ring (bicyclic) bond motifs is 1. The SMILES string of the molecule is O=CC1=C2C=COC=C2C=C[C@]1(OCC[C@H](O)NCc1cc(F)cc(F)c1)c1ccc(O)cc1. The second-order valence-electron chi connectivity index (χ2n) is 7.88. The Balaban J connectivity index is 1.51. The average Bonchev–Trinajstić information content (AvgIpc) is 2.82. The number of aromatic hydroxyl groups is 1. The van der Waals surface area contributed by atoms with Crippen LogP contribution in [0.1, 0.15) is 17.5 Å². The number of aliphatic hydroxyl groups excluding tert-OH is 1. The molecule has 4 rings (SSSR count). The van der Waals surface area contributed by atoms with Gasteiger partial charge in [-0.3, -0.25) is 10.1 Å². The largest absolute Gasteiger partial charge is 0.508 e. The number of allylic oxidation sites excluding steroid dienone is 4. The van der Waals surface area contributed by atoms with E-state index in [0.29, 0.717) is 27.8 Å². The van der Waals surface area contributed by atoms with Crippen LogP contribution in [0.3, 0.4) is 0 Å². The lowest BCUT2D eigenvalue weighted by atomic mass is 9.77. The van der Waals surface area contributed by atoms with Crippen molar-refractivity contribution < 1.29 is 33.3 Å². The number of halogens is 2. The highest BCUT2D eigenvalue weighted by Crippen LogP contribution is 2.43. The highest BCUT2D eigenvalue weighted by Gasteiger charge is 2.40. The number of rotatable bonds is 9. The molecule has 0 radical (unpaired) electrons. The molecule has 3 N–H and O–H groups in total. The molecule has 34 heavy (non-hydrogen) atoms.